The minimum Gasteiger partial charge on any atom is -0.506 e. The third-order valence-corrected chi connectivity index (χ3v) is 3.13. The molecule has 2 N–H and O–H groups in total. The van der Waals surface area contributed by atoms with Crippen LogP contribution in [-0.2, 0) is 0 Å². The van der Waals surface area contributed by atoms with Crippen LogP contribution >= 0.6 is 0 Å². The Morgan fingerprint density at radius 3 is 2.57 bits per heavy atom. The Morgan fingerprint density at radius 1 is 1.05 bits per heavy atom. The largest absolute Gasteiger partial charge is 0.506 e. The molecule has 0 saturated heterocycles. The molecule has 0 radical (unpaired) electrons. The molecule has 3 aromatic rings. The molecule has 0 saturated carbocycles. The predicted octanol–water partition coefficient (Wildman–Crippen LogP) is 2.90. The van der Waals surface area contributed by atoms with E-state index in [1.165, 1.54) is 0 Å². The number of phenols is 1. The minimum absolute atomic E-state index is 0.0453. The number of amides is 1. The number of carbonyl (C=O) groups is 1. The van der Waals surface area contributed by atoms with Crippen LogP contribution in [0, 0.1) is 6.92 Å². The predicted molar refractivity (Wildman–Crippen MR) is 80.3 cm³/mol. The normalized spacial score (nSPS) is 10.5. The van der Waals surface area contributed by atoms with Crippen LogP contribution in [-0.4, -0.2) is 21.0 Å². The number of nitrogens with one attached hydrogen (secondary N) is 1. The summed E-state index contributed by atoms with van der Waals surface area (Å²) in [5, 5.41) is 12.5. The van der Waals surface area contributed by atoms with E-state index < -0.39 is 0 Å². The highest BCUT2D eigenvalue weighted by molar-refractivity contribution is 6.06. The number of anilines is 1. The second-order valence-corrected chi connectivity index (χ2v) is 4.73. The van der Waals surface area contributed by atoms with Crippen LogP contribution in [0.4, 0.5) is 5.69 Å². The number of benzene rings is 2. The van der Waals surface area contributed by atoms with Gasteiger partial charge in [0.25, 0.3) is 5.91 Å². The maximum Gasteiger partial charge on any atom is 0.255 e. The molecular formula is C16H13N3O2. The number of aryl methyl sites for hydroxylation is 1. The van der Waals surface area contributed by atoms with E-state index in [1.54, 1.807) is 42.7 Å². The van der Waals surface area contributed by atoms with Gasteiger partial charge in [0.05, 0.1) is 16.7 Å². The molecule has 2 aromatic carbocycles. The Labute approximate surface area is 121 Å². The summed E-state index contributed by atoms with van der Waals surface area (Å²) in [4.78, 5) is 20.5. The molecule has 0 unspecified atom stereocenters. The smallest absolute Gasteiger partial charge is 0.255 e. The number of phenolic OH excluding ortho intramolecular Hbond substituents is 1. The Balaban J connectivity index is 1.89. The van der Waals surface area contributed by atoms with Gasteiger partial charge >= 0.3 is 0 Å². The lowest BCUT2D eigenvalue weighted by molar-refractivity contribution is 0.102. The van der Waals surface area contributed by atoms with Crippen LogP contribution in [0.25, 0.3) is 11.0 Å². The molecule has 0 atom stereocenters. The van der Waals surface area contributed by atoms with Gasteiger partial charge in [-0.05, 0) is 42.8 Å². The zero-order chi connectivity index (χ0) is 14.8. The number of aromatic hydroxyl groups is 1. The summed E-state index contributed by atoms with van der Waals surface area (Å²) in [5.74, 6) is -0.259. The second-order valence-electron chi connectivity index (χ2n) is 4.73. The first-order valence-corrected chi connectivity index (χ1v) is 6.45. The average Bonchev–Trinajstić information content (AvgIpc) is 2.49. The summed E-state index contributed by atoms with van der Waals surface area (Å²) < 4.78 is 0. The highest BCUT2D eigenvalue weighted by Gasteiger charge is 2.10. The summed E-state index contributed by atoms with van der Waals surface area (Å²) >= 11 is 0. The summed E-state index contributed by atoms with van der Waals surface area (Å²) in [6, 6.07) is 10.2. The van der Waals surface area contributed by atoms with Crippen LogP contribution in [0.2, 0.25) is 0 Å². The second kappa shape index (κ2) is 5.20. The Hall–Kier alpha value is -2.95. The van der Waals surface area contributed by atoms with Crippen molar-refractivity contribution in [3.63, 3.8) is 0 Å². The number of hydrogen-bond acceptors (Lipinski definition) is 4. The van der Waals surface area contributed by atoms with Crippen LogP contribution in [0.5, 0.6) is 5.75 Å². The fourth-order valence-electron chi connectivity index (χ4n) is 2.05. The van der Waals surface area contributed by atoms with Gasteiger partial charge in [0, 0.05) is 18.0 Å². The number of nitrogens with zero attached hydrogens (tertiary/aromatic N) is 2. The van der Waals surface area contributed by atoms with Gasteiger partial charge in [-0.2, -0.15) is 0 Å². The molecule has 0 aliphatic rings. The number of hydrogen-bond donors (Lipinski definition) is 2. The number of aromatic nitrogens is 2. The third-order valence-electron chi connectivity index (χ3n) is 3.13. The molecular weight excluding hydrogens is 266 g/mol. The third kappa shape index (κ3) is 2.67. The number of fused-ring (bicyclic) bond motifs is 1. The minimum atomic E-state index is -0.304. The first kappa shape index (κ1) is 13.1. The molecule has 21 heavy (non-hydrogen) atoms. The number of rotatable bonds is 2. The fraction of sp³-hybridized carbons (Fsp3) is 0.0625. The van der Waals surface area contributed by atoms with Crippen LogP contribution < -0.4 is 5.32 Å². The van der Waals surface area contributed by atoms with Crippen molar-refractivity contribution in [3.8, 4) is 5.75 Å². The van der Waals surface area contributed by atoms with Gasteiger partial charge in [-0.25, -0.2) is 0 Å². The first-order valence-electron chi connectivity index (χ1n) is 6.45. The van der Waals surface area contributed by atoms with Crippen molar-refractivity contribution in [2.24, 2.45) is 0 Å². The number of carbonyl (C=O) groups excluding carboxylic acids is 1. The van der Waals surface area contributed by atoms with Gasteiger partial charge in [-0.3, -0.25) is 14.8 Å². The van der Waals surface area contributed by atoms with E-state index in [-0.39, 0.29) is 11.7 Å². The van der Waals surface area contributed by atoms with E-state index in [4.69, 9.17) is 0 Å². The average molecular weight is 279 g/mol. The monoisotopic (exact) mass is 279 g/mol. The molecule has 0 fully saturated rings. The van der Waals surface area contributed by atoms with Crippen LogP contribution in [0.15, 0.2) is 48.8 Å². The zero-order valence-electron chi connectivity index (χ0n) is 11.4. The standard InChI is InChI=1S/C16H13N3O2/c1-10-2-4-13(15(20)8-10)19-16(21)11-3-5-12-14(9-11)18-7-6-17-12/h2-9,20H,1H3,(H,19,21). The summed E-state index contributed by atoms with van der Waals surface area (Å²) in [7, 11) is 0. The van der Waals surface area contributed by atoms with Crippen molar-refractivity contribution in [2.75, 3.05) is 5.32 Å². The summed E-state index contributed by atoms with van der Waals surface area (Å²) in [5.41, 5.74) is 3.14. The van der Waals surface area contributed by atoms with E-state index in [0.717, 1.165) is 11.1 Å². The van der Waals surface area contributed by atoms with Crippen molar-refractivity contribution < 1.29 is 9.90 Å². The van der Waals surface area contributed by atoms with E-state index in [0.29, 0.717) is 16.8 Å². The molecule has 5 heteroatoms. The van der Waals surface area contributed by atoms with E-state index in [9.17, 15) is 9.90 Å². The van der Waals surface area contributed by atoms with Crippen molar-refractivity contribution in [3.05, 3.63) is 59.9 Å². The topological polar surface area (TPSA) is 75.1 Å². The van der Waals surface area contributed by atoms with Gasteiger partial charge in [0.15, 0.2) is 0 Å². The van der Waals surface area contributed by atoms with E-state index >= 15 is 0 Å². The van der Waals surface area contributed by atoms with Gasteiger partial charge in [-0.1, -0.05) is 6.07 Å². The van der Waals surface area contributed by atoms with Crippen molar-refractivity contribution in [1.29, 1.82) is 0 Å². The van der Waals surface area contributed by atoms with Gasteiger partial charge in [-0.15, -0.1) is 0 Å². The Bertz CT molecular complexity index is 831. The molecule has 1 aromatic heterocycles. The molecule has 1 heterocycles. The zero-order valence-corrected chi connectivity index (χ0v) is 11.4. The first-order chi connectivity index (χ1) is 10.1. The van der Waals surface area contributed by atoms with Gasteiger partial charge < -0.3 is 10.4 Å². The van der Waals surface area contributed by atoms with Crippen LogP contribution in [0.1, 0.15) is 15.9 Å². The maximum absolute atomic E-state index is 12.2. The fourth-order valence-corrected chi connectivity index (χ4v) is 2.05. The lowest BCUT2D eigenvalue weighted by Crippen LogP contribution is -2.12. The molecule has 0 bridgehead atoms. The van der Waals surface area contributed by atoms with Crippen molar-refractivity contribution in [2.45, 2.75) is 6.92 Å². The summed E-state index contributed by atoms with van der Waals surface area (Å²) in [6.07, 6.45) is 3.18. The van der Waals surface area contributed by atoms with E-state index in [1.807, 2.05) is 13.0 Å². The summed E-state index contributed by atoms with van der Waals surface area (Å²) in [6.45, 7) is 1.87. The quantitative estimate of drug-likeness (QED) is 0.707. The van der Waals surface area contributed by atoms with Gasteiger partial charge in [0.1, 0.15) is 5.75 Å². The van der Waals surface area contributed by atoms with Gasteiger partial charge in [0.2, 0.25) is 0 Å². The lowest BCUT2D eigenvalue weighted by Gasteiger charge is -2.08. The van der Waals surface area contributed by atoms with Crippen molar-refractivity contribution in [1.82, 2.24) is 9.97 Å². The SMILES string of the molecule is Cc1ccc(NC(=O)c2ccc3nccnc3c2)c(O)c1. The molecule has 104 valence electrons. The Kier molecular flexibility index (Phi) is 3.23. The highest BCUT2D eigenvalue weighted by atomic mass is 16.3. The molecule has 0 aliphatic heterocycles. The molecule has 1 amide bonds. The maximum atomic E-state index is 12.2. The molecule has 0 spiro atoms. The van der Waals surface area contributed by atoms with Crippen molar-refractivity contribution >= 4 is 22.6 Å². The highest BCUT2D eigenvalue weighted by Crippen LogP contribution is 2.24. The Morgan fingerprint density at radius 2 is 1.81 bits per heavy atom. The van der Waals surface area contributed by atoms with Crippen LogP contribution in [0.3, 0.4) is 0 Å². The lowest BCUT2D eigenvalue weighted by atomic mass is 10.1. The molecule has 0 aliphatic carbocycles. The molecule has 5 nitrogen and oxygen atoms in total. The van der Waals surface area contributed by atoms with E-state index in [2.05, 4.69) is 15.3 Å². The molecule has 3 rings (SSSR count).